The fourth-order valence-corrected chi connectivity index (χ4v) is 8.77. The highest BCUT2D eigenvalue weighted by atomic mass is 16.5. The minimum Gasteiger partial charge on any atom is -0.496 e. The van der Waals surface area contributed by atoms with Crippen molar-refractivity contribution in [1.29, 1.82) is 10.5 Å². The zero-order chi connectivity index (χ0) is 48.7. The van der Waals surface area contributed by atoms with Crippen molar-refractivity contribution >= 4 is 23.3 Å². The monoisotopic (exact) mass is 904 g/mol. The Morgan fingerprint density at radius 1 is 0.314 bits per heavy atom. The summed E-state index contributed by atoms with van der Waals surface area (Å²) in [6.45, 7) is 8.41. The Balaban J connectivity index is 1.00. The second kappa shape index (κ2) is 20.5. The molecule has 0 amide bonds. The lowest BCUT2D eigenvalue weighted by Gasteiger charge is -2.13. The molecule has 0 saturated carbocycles. The third-order valence-electron chi connectivity index (χ3n) is 12.9. The molecule has 4 nitrogen and oxygen atoms in total. The number of aryl methyl sites for hydroxylation is 4. The molecule has 0 heterocycles. The van der Waals surface area contributed by atoms with Crippen molar-refractivity contribution in [3.05, 3.63) is 239 Å². The molecular weight excluding hydrogens is 853 g/mol. The van der Waals surface area contributed by atoms with Crippen molar-refractivity contribution in [3.63, 3.8) is 0 Å². The van der Waals surface area contributed by atoms with Gasteiger partial charge in [-0.15, -0.1) is 0 Å². The standard InChI is InChI=1S/C66H52N2O2/c1-43-7-15-47(16-8-43)55-31-56(48-17-9-44(2)10-18-48)34-59(33-55)51-23-27-53(28-24-51)63(41-67)37-61-39-66(70-6)62(40-65(61)69-5)38-64(42-68)54-29-25-52(26-30-54)60-35-57(49-19-11-45(3)12-20-49)32-58(36-60)50-21-13-46(4)14-22-50/h7-40H,1-6H3/b63-37+,64-38+. The lowest BCUT2D eigenvalue weighted by Crippen LogP contribution is -1.95. The molecule has 0 atom stereocenters. The van der Waals surface area contributed by atoms with E-state index >= 15 is 0 Å². The maximum atomic E-state index is 10.5. The smallest absolute Gasteiger partial charge is 0.126 e. The fourth-order valence-electron chi connectivity index (χ4n) is 8.77. The van der Waals surface area contributed by atoms with Gasteiger partial charge in [0.1, 0.15) is 11.5 Å². The van der Waals surface area contributed by atoms with Gasteiger partial charge in [0.15, 0.2) is 0 Å². The van der Waals surface area contributed by atoms with E-state index in [-0.39, 0.29) is 0 Å². The molecule has 0 N–H and O–H groups in total. The average Bonchev–Trinajstić information content (AvgIpc) is 3.40. The third-order valence-corrected chi connectivity index (χ3v) is 12.9. The highest BCUT2D eigenvalue weighted by Gasteiger charge is 2.15. The molecule has 0 radical (unpaired) electrons. The number of hydrogen-bond donors (Lipinski definition) is 0. The lowest BCUT2D eigenvalue weighted by atomic mass is 9.92. The van der Waals surface area contributed by atoms with Gasteiger partial charge in [0.05, 0.1) is 37.5 Å². The van der Waals surface area contributed by atoms with Crippen LogP contribution in [0, 0.1) is 50.4 Å². The van der Waals surface area contributed by atoms with Gasteiger partial charge in [-0.3, -0.25) is 0 Å². The summed E-state index contributed by atoms with van der Waals surface area (Å²) < 4.78 is 11.8. The van der Waals surface area contributed by atoms with E-state index < -0.39 is 0 Å². The maximum Gasteiger partial charge on any atom is 0.126 e. The largest absolute Gasteiger partial charge is 0.496 e. The molecule has 338 valence electrons. The number of methoxy groups -OCH3 is 2. The molecule has 0 fully saturated rings. The van der Waals surface area contributed by atoms with Crippen LogP contribution >= 0.6 is 0 Å². The van der Waals surface area contributed by atoms with Gasteiger partial charge in [0, 0.05) is 11.1 Å². The zero-order valence-corrected chi connectivity index (χ0v) is 40.3. The van der Waals surface area contributed by atoms with Crippen molar-refractivity contribution < 1.29 is 9.47 Å². The maximum absolute atomic E-state index is 10.5. The Hall–Kier alpha value is -8.96. The molecule has 0 aromatic heterocycles. The highest BCUT2D eigenvalue weighted by Crippen LogP contribution is 2.38. The molecule has 0 unspecified atom stereocenters. The van der Waals surface area contributed by atoms with Crippen molar-refractivity contribution in [2.45, 2.75) is 27.7 Å². The van der Waals surface area contributed by atoms with E-state index in [2.05, 4.69) is 198 Å². The van der Waals surface area contributed by atoms with E-state index in [4.69, 9.17) is 9.47 Å². The van der Waals surface area contributed by atoms with Crippen LogP contribution in [0.15, 0.2) is 194 Å². The van der Waals surface area contributed by atoms with Crippen LogP contribution in [0.4, 0.5) is 0 Å². The summed E-state index contributed by atoms with van der Waals surface area (Å²) in [4.78, 5) is 0. The first-order chi connectivity index (χ1) is 34.1. The molecule has 0 bridgehead atoms. The molecule has 0 aliphatic rings. The first-order valence-corrected chi connectivity index (χ1v) is 23.4. The summed E-state index contributed by atoms with van der Waals surface area (Å²) in [6.07, 6.45) is 3.64. The normalized spacial score (nSPS) is 11.4. The molecule has 9 aromatic rings. The number of ether oxygens (including phenoxy) is 2. The summed E-state index contributed by atoms with van der Waals surface area (Å²) in [5.74, 6) is 1.08. The minimum absolute atomic E-state index is 0.470. The Morgan fingerprint density at radius 3 is 0.729 bits per heavy atom. The van der Waals surface area contributed by atoms with E-state index in [1.807, 2.05) is 48.6 Å². The Bertz CT molecular complexity index is 3130. The third kappa shape index (κ3) is 10.3. The van der Waals surface area contributed by atoms with Gasteiger partial charge in [0.2, 0.25) is 0 Å². The van der Waals surface area contributed by atoms with Gasteiger partial charge in [-0.1, -0.05) is 168 Å². The van der Waals surface area contributed by atoms with E-state index in [9.17, 15) is 10.5 Å². The molecule has 0 aliphatic heterocycles. The average molecular weight is 905 g/mol. The summed E-state index contributed by atoms with van der Waals surface area (Å²) in [7, 11) is 3.20. The second-order valence-electron chi connectivity index (χ2n) is 17.9. The van der Waals surface area contributed by atoms with Crippen LogP contribution in [0.5, 0.6) is 11.5 Å². The lowest BCUT2D eigenvalue weighted by molar-refractivity contribution is 0.401. The first kappa shape index (κ1) is 46.2. The zero-order valence-electron chi connectivity index (χ0n) is 40.3. The van der Waals surface area contributed by atoms with Crippen molar-refractivity contribution in [1.82, 2.24) is 0 Å². The van der Waals surface area contributed by atoms with E-state index in [0.717, 1.165) is 77.9 Å². The molecule has 0 spiro atoms. The molecule has 9 rings (SSSR count). The molecule has 9 aromatic carbocycles. The van der Waals surface area contributed by atoms with Crippen LogP contribution in [-0.4, -0.2) is 14.2 Å². The number of nitriles is 2. The molecule has 4 heteroatoms. The number of hydrogen-bond acceptors (Lipinski definition) is 4. The molecule has 70 heavy (non-hydrogen) atoms. The van der Waals surface area contributed by atoms with Gasteiger partial charge < -0.3 is 9.47 Å². The Kier molecular flexibility index (Phi) is 13.5. The minimum atomic E-state index is 0.470. The van der Waals surface area contributed by atoms with Crippen LogP contribution in [0.2, 0.25) is 0 Å². The van der Waals surface area contributed by atoms with Gasteiger partial charge in [-0.2, -0.15) is 10.5 Å². The number of allylic oxidation sites excluding steroid dienone is 2. The van der Waals surface area contributed by atoms with Crippen LogP contribution in [0.25, 0.3) is 90.1 Å². The predicted molar refractivity (Wildman–Crippen MR) is 291 cm³/mol. The topological polar surface area (TPSA) is 66.0 Å². The van der Waals surface area contributed by atoms with Crippen LogP contribution < -0.4 is 9.47 Å². The summed E-state index contributed by atoms with van der Waals surface area (Å²) >= 11 is 0. The van der Waals surface area contributed by atoms with E-state index in [1.54, 1.807) is 14.2 Å². The molecule has 0 aliphatic carbocycles. The van der Waals surface area contributed by atoms with Crippen LogP contribution in [0.3, 0.4) is 0 Å². The second-order valence-corrected chi connectivity index (χ2v) is 17.9. The SMILES string of the molecule is COc1cc(/C=C(\C#N)c2ccc(-c3cc(-c4ccc(C)cc4)cc(-c4ccc(C)cc4)c3)cc2)c(OC)cc1/C=C(\C#N)c1ccc(-c2cc(-c3ccc(C)cc3)cc(-c3ccc(C)cc3)c2)cc1. The van der Waals surface area contributed by atoms with Crippen molar-refractivity contribution in [2.24, 2.45) is 0 Å². The predicted octanol–water partition coefficient (Wildman–Crippen LogP) is 17.1. The van der Waals surface area contributed by atoms with Gasteiger partial charge in [-0.25, -0.2) is 0 Å². The summed E-state index contributed by atoms with van der Waals surface area (Å²) in [6, 6.07) is 72.7. The quantitative estimate of drug-likeness (QED) is 0.0905. The summed E-state index contributed by atoms with van der Waals surface area (Å²) in [5.41, 5.74) is 22.1. The van der Waals surface area contributed by atoms with Gasteiger partial charge >= 0.3 is 0 Å². The Labute approximate surface area is 412 Å². The summed E-state index contributed by atoms with van der Waals surface area (Å²) in [5, 5.41) is 21.0. The van der Waals surface area contributed by atoms with Crippen molar-refractivity contribution in [3.8, 4) is 90.4 Å². The number of rotatable bonds is 12. The molecular formula is C66H52N2O2. The Morgan fingerprint density at radius 2 is 0.529 bits per heavy atom. The van der Waals surface area contributed by atoms with E-state index in [0.29, 0.717) is 33.8 Å². The first-order valence-electron chi connectivity index (χ1n) is 23.4. The highest BCUT2D eigenvalue weighted by molar-refractivity contribution is 5.95. The van der Waals surface area contributed by atoms with Gasteiger partial charge in [-0.05, 0) is 166 Å². The number of nitrogens with zero attached hydrogens (tertiary/aromatic N) is 2. The van der Waals surface area contributed by atoms with Gasteiger partial charge in [0.25, 0.3) is 0 Å². The number of benzene rings is 9. The van der Waals surface area contributed by atoms with Crippen LogP contribution in [-0.2, 0) is 0 Å². The van der Waals surface area contributed by atoms with Crippen molar-refractivity contribution in [2.75, 3.05) is 14.2 Å². The fraction of sp³-hybridized carbons (Fsp3) is 0.0909. The van der Waals surface area contributed by atoms with Crippen LogP contribution in [0.1, 0.15) is 44.5 Å². The van der Waals surface area contributed by atoms with E-state index in [1.165, 1.54) is 22.3 Å². The molecule has 0 saturated heterocycles.